The molecule has 2 N–H and O–H groups in total. The van der Waals surface area contributed by atoms with E-state index >= 15 is 0 Å². The van der Waals surface area contributed by atoms with Crippen LogP contribution in [0.4, 0.5) is 0 Å². The van der Waals surface area contributed by atoms with Gasteiger partial charge in [-0.3, -0.25) is 0 Å². The lowest BCUT2D eigenvalue weighted by atomic mass is 9.88. The van der Waals surface area contributed by atoms with Gasteiger partial charge in [-0.1, -0.05) is 19.9 Å². The van der Waals surface area contributed by atoms with E-state index in [-0.39, 0.29) is 5.41 Å². The van der Waals surface area contributed by atoms with Crippen LogP contribution in [-0.2, 0) is 0 Å². The van der Waals surface area contributed by atoms with Crippen LogP contribution >= 0.6 is 11.8 Å². The molecule has 0 spiro atoms. The molecule has 84 valence electrons. The van der Waals surface area contributed by atoms with Gasteiger partial charge >= 0.3 is 0 Å². The van der Waals surface area contributed by atoms with Crippen LogP contribution in [-0.4, -0.2) is 17.3 Å². The quantitative estimate of drug-likeness (QED) is 0.596. The van der Waals surface area contributed by atoms with Crippen LogP contribution in [0.2, 0.25) is 0 Å². The van der Waals surface area contributed by atoms with Crippen molar-refractivity contribution in [1.82, 2.24) is 4.98 Å². The highest BCUT2D eigenvalue weighted by atomic mass is 32.2. The van der Waals surface area contributed by atoms with E-state index in [1.165, 1.54) is 12.8 Å². The smallest absolute Gasteiger partial charge is 0.0959 e. The van der Waals surface area contributed by atoms with Gasteiger partial charge in [-0.15, -0.1) is 11.8 Å². The van der Waals surface area contributed by atoms with Crippen LogP contribution < -0.4 is 5.73 Å². The third-order valence-electron chi connectivity index (χ3n) is 2.44. The lowest BCUT2D eigenvalue weighted by molar-refractivity contribution is 0.345. The number of hydrogen-bond donors (Lipinski definition) is 1. The van der Waals surface area contributed by atoms with Gasteiger partial charge in [0.1, 0.15) is 0 Å². The maximum Gasteiger partial charge on any atom is 0.0959 e. The Morgan fingerprint density at radius 3 is 2.80 bits per heavy atom. The minimum Gasteiger partial charge on any atom is -0.330 e. The van der Waals surface area contributed by atoms with E-state index in [2.05, 4.69) is 24.9 Å². The second-order valence-electron chi connectivity index (χ2n) is 4.49. The topological polar surface area (TPSA) is 38.9 Å². The van der Waals surface area contributed by atoms with Crippen molar-refractivity contribution >= 4 is 11.8 Å². The van der Waals surface area contributed by atoms with Gasteiger partial charge in [0.25, 0.3) is 0 Å². The van der Waals surface area contributed by atoms with Gasteiger partial charge in [0.15, 0.2) is 0 Å². The maximum absolute atomic E-state index is 5.68. The number of nitrogens with two attached hydrogens (primary N) is 1. The highest BCUT2D eigenvalue weighted by Crippen LogP contribution is 2.23. The molecule has 0 radical (unpaired) electrons. The summed E-state index contributed by atoms with van der Waals surface area (Å²) in [5.74, 6) is 1.13. The van der Waals surface area contributed by atoms with Crippen LogP contribution in [0.5, 0.6) is 0 Å². The van der Waals surface area contributed by atoms with Gasteiger partial charge < -0.3 is 5.73 Å². The Morgan fingerprint density at radius 1 is 1.40 bits per heavy atom. The average Bonchev–Trinajstić information content (AvgIpc) is 2.26. The summed E-state index contributed by atoms with van der Waals surface area (Å²) in [6, 6.07) is 6.03. The molecule has 0 saturated heterocycles. The minimum atomic E-state index is 0.282. The lowest BCUT2D eigenvalue weighted by Gasteiger charge is -2.21. The summed E-state index contributed by atoms with van der Waals surface area (Å²) in [4.78, 5) is 4.27. The molecule has 0 bridgehead atoms. The molecule has 1 heterocycles. The number of aromatic nitrogens is 1. The molecule has 0 fully saturated rings. The summed E-state index contributed by atoms with van der Waals surface area (Å²) >= 11 is 1.82. The normalized spacial score (nSPS) is 11.7. The highest BCUT2D eigenvalue weighted by Gasteiger charge is 2.14. The molecule has 0 aliphatic rings. The van der Waals surface area contributed by atoms with Crippen molar-refractivity contribution in [2.75, 3.05) is 12.3 Å². The number of nitrogens with zero attached hydrogens (tertiary/aromatic N) is 1. The van der Waals surface area contributed by atoms with Crippen molar-refractivity contribution in [2.45, 2.75) is 31.7 Å². The Kier molecular flexibility index (Phi) is 5.12. The molecule has 0 unspecified atom stereocenters. The molecule has 0 aliphatic heterocycles. The second-order valence-corrected chi connectivity index (χ2v) is 5.60. The molecule has 0 saturated carbocycles. The molecule has 15 heavy (non-hydrogen) atoms. The molecule has 3 heteroatoms. The molecule has 0 aromatic carbocycles. The van der Waals surface area contributed by atoms with E-state index in [0.29, 0.717) is 0 Å². The summed E-state index contributed by atoms with van der Waals surface area (Å²) < 4.78 is 0. The minimum absolute atomic E-state index is 0.282. The number of rotatable bonds is 6. The first kappa shape index (κ1) is 12.5. The van der Waals surface area contributed by atoms with Crippen LogP contribution in [0.25, 0.3) is 0 Å². The number of pyridine rings is 1. The summed E-state index contributed by atoms with van der Waals surface area (Å²) in [6.45, 7) is 5.21. The first-order valence-corrected chi connectivity index (χ1v) is 6.36. The highest BCUT2D eigenvalue weighted by molar-refractivity contribution is 7.99. The second kappa shape index (κ2) is 6.13. The van der Waals surface area contributed by atoms with Crippen molar-refractivity contribution in [3.63, 3.8) is 0 Å². The molecule has 0 amide bonds. The molecule has 0 aliphatic carbocycles. The summed E-state index contributed by atoms with van der Waals surface area (Å²) in [5.41, 5.74) is 5.96. The van der Waals surface area contributed by atoms with Gasteiger partial charge in [-0.2, -0.15) is 0 Å². The third kappa shape index (κ3) is 5.19. The zero-order valence-electron chi connectivity index (χ0n) is 9.57. The molecule has 1 aromatic heterocycles. The monoisotopic (exact) mass is 224 g/mol. The summed E-state index contributed by atoms with van der Waals surface area (Å²) in [5, 5.41) is 1.11. The van der Waals surface area contributed by atoms with Gasteiger partial charge in [-0.05, 0) is 42.7 Å². The Balaban J connectivity index is 2.18. The van der Waals surface area contributed by atoms with E-state index < -0.39 is 0 Å². The average molecular weight is 224 g/mol. The SMILES string of the molecule is CC(C)(CN)CCCSc1ccccn1. The first-order chi connectivity index (χ1) is 7.14. The van der Waals surface area contributed by atoms with Crippen molar-refractivity contribution < 1.29 is 0 Å². The molecular weight excluding hydrogens is 204 g/mol. The fraction of sp³-hybridized carbons (Fsp3) is 0.583. The van der Waals surface area contributed by atoms with E-state index in [1.807, 2.05) is 30.1 Å². The van der Waals surface area contributed by atoms with Gasteiger partial charge in [-0.25, -0.2) is 4.98 Å². The Bertz CT molecular complexity index is 272. The van der Waals surface area contributed by atoms with Crippen LogP contribution in [0.15, 0.2) is 29.4 Å². The Hall–Kier alpha value is -0.540. The summed E-state index contributed by atoms with van der Waals surface area (Å²) in [6.07, 6.45) is 4.22. The van der Waals surface area contributed by atoms with Gasteiger partial charge in [0.2, 0.25) is 0 Å². The molecule has 2 nitrogen and oxygen atoms in total. The first-order valence-electron chi connectivity index (χ1n) is 5.38. The maximum atomic E-state index is 5.68. The predicted octanol–water partition coefficient (Wildman–Crippen LogP) is 2.94. The van der Waals surface area contributed by atoms with Crippen LogP contribution in [0.3, 0.4) is 0 Å². The van der Waals surface area contributed by atoms with Crippen LogP contribution in [0, 0.1) is 5.41 Å². The van der Waals surface area contributed by atoms with E-state index in [0.717, 1.165) is 17.3 Å². The number of hydrogen-bond acceptors (Lipinski definition) is 3. The lowest BCUT2D eigenvalue weighted by Crippen LogP contribution is -2.23. The standard InChI is InChI=1S/C12H20N2S/c1-12(2,10-13)7-5-9-15-11-6-3-4-8-14-11/h3-4,6,8H,5,7,9-10,13H2,1-2H3. The fourth-order valence-electron chi connectivity index (χ4n) is 1.26. The van der Waals surface area contributed by atoms with Gasteiger partial charge in [0, 0.05) is 6.20 Å². The van der Waals surface area contributed by atoms with E-state index in [1.54, 1.807) is 0 Å². The molecule has 1 rings (SSSR count). The fourth-order valence-corrected chi connectivity index (χ4v) is 2.07. The largest absolute Gasteiger partial charge is 0.330 e. The van der Waals surface area contributed by atoms with E-state index in [4.69, 9.17) is 5.73 Å². The van der Waals surface area contributed by atoms with Crippen LogP contribution in [0.1, 0.15) is 26.7 Å². The summed E-state index contributed by atoms with van der Waals surface area (Å²) in [7, 11) is 0. The molecular formula is C12H20N2S. The third-order valence-corrected chi connectivity index (χ3v) is 3.47. The predicted molar refractivity (Wildman–Crippen MR) is 67.0 cm³/mol. The Labute approximate surface area is 96.7 Å². The van der Waals surface area contributed by atoms with Crippen molar-refractivity contribution in [3.8, 4) is 0 Å². The zero-order chi connectivity index (χ0) is 11.1. The zero-order valence-corrected chi connectivity index (χ0v) is 10.4. The van der Waals surface area contributed by atoms with E-state index in [9.17, 15) is 0 Å². The molecule has 0 atom stereocenters. The van der Waals surface area contributed by atoms with Crippen molar-refractivity contribution in [1.29, 1.82) is 0 Å². The molecule has 1 aromatic rings. The van der Waals surface area contributed by atoms with Crippen molar-refractivity contribution in [2.24, 2.45) is 11.1 Å². The number of thioether (sulfide) groups is 1. The Morgan fingerprint density at radius 2 is 2.20 bits per heavy atom. The van der Waals surface area contributed by atoms with Crippen molar-refractivity contribution in [3.05, 3.63) is 24.4 Å². The van der Waals surface area contributed by atoms with Gasteiger partial charge in [0.05, 0.1) is 5.03 Å².